The number of ether oxygens (including phenoxy) is 1. The molecule has 0 saturated heterocycles. The standard InChI is InChI=1S/C17H20FNOS/c1-3-7-19-14-10-16(17-11(2)6-8-21-17)20-15-9-12(18)4-5-13(14)15/h4-6,8-9,14,16,19H,3,7,10H2,1-2H3. The Hall–Kier alpha value is -1.39. The molecule has 4 heteroatoms. The lowest BCUT2D eigenvalue weighted by atomic mass is 9.94. The van der Waals surface area contributed by atoms with Crippen LogP contribution in [-0.2, 0) is 0 Å². The van der Waals surface area contributed by atoms with E-state index < -0.39 is 0 Å². The summed E-state index contributed by atoms with van der Waals surface area (Å²) < 4.78 is 19.6. The molecule has 21 heavy (non-hydrogen) atoms. The van der Waals surface area contributed by atoms with Gasteiger partial charge in [-0.15, -0.1) is 11.3 Å². The second-order valence-electron chi connectivity index (χ2n) is 5.50. The van der Waals surface area contributed by atoms with Gasteiger partial charge >= 0.3 is 0 Å². The Labute approximate surface area is 129 Å². The zero-order valence-electron chi connectivity index (χ0n) is 12.4. The largest absolute Gasteiger partial charge is 0.484 e. The van der Waals surface area contributed by atoms with Gasteiger partial charge in [0.25, 0.3) is 0 Å². The van der Waals surface area contributed by atoms with Gasteiger partial charge in [-0.2, -0.15) is 0 Å². The van der Waals surface area contributed by atoms with Crippen molar-refractivity contribution in [3.05, 3.63) is 51.5 Å². The van der Waals surface area contributed by atoms with Crippen molar-refractivity contribution in [3.63, 3.8) is 0 Å². The minimum absolute atomic E-state index is 0.00801. The number of nitrogens with one attached hydrogen (secondary N) is 1. The van der Waals surface area contributed by atoms with Crippen LogP contribution >= 0.6 is 11.3 Å². The second kappa shape index (κ2) is 6.16. The van der Waals surface area contributed by atoms with Crippen molar-refractivity contribution in [1.29, 1.82) is 0 Å². The summed E-state index contributed by atoms with van der Waals surface area (Å²) >= 11 is 1.71. The molecule has 0 amide bonds. The first kappa shape index (κ1) is 14.5. The van der Waals surface area contributed by atoms with Crippen molar-refractivity contribution < 1.29 is 9.13 Å². The summed E-state index contributed by atoms with van der Waals surface area (Å²) in [6, 6.07) is 7.19. The number of halogens is 1. The average Bonchev–Trinajstić information content (AvgIpc) is 2.90. The van der Waals surface area contributed by atoms with Crippen LogP contribution < -0.4 is 10.1 Å². The minimum atomic E-state index is -0.244. The molecule has 2 atom stereocenters. The first-order valence-corrected chi connectivity index (χ1v) is 8.30. The van der Waals surface area contributed by atoms with Gasteiger partial charge in [-0.1, -0.05) is 13.0 Å². The first-order valence-electron chi connectivity index (χ1n) is 7.42. The highest BCUT2D eigenvalue weighted by atomic mass is 32.1. The van der Waals surface area contributed by atoms with Crippen LogP contribution in [0.25, 0.3) is 0 Å². The number of aryl methyl sites for hydroxylation is 1. The van der Waals surface area contributed by atoms with Crippen molar-refractivity contribution in [1.82, 2.24) is 5.32 Å². The molecule has 2 aromatic rings. The molecule has 3 rings (SSSR count). The molecule has 1 aliphatic rings. The molecule has 1 aromatic carbocycles. The number of rotatable bonds is 4. The fourth-order valence-electron chi connectivity index (χ4n) is 2.83. The maximum Gasteiger partial charge on any atom is 0.135 e. The molecule has 2 heterocycles. The van der Waals surface area contributed by atoms with Crippen LogP contribution in [0.5, 0.6) is 5.75 Å². The van der Waals surface area contributed by atoms with Crippen LogP contribution in [0.3, 0.4) is 0 Å². The lowest BCUT2D eigenvalue weighted by Gasteiger charge is -2.33. The molecular weight excluding hydrogens is 285 g/mol. The Bertz CT molecular complexity index is 625. The normalized spacial score (nSPS) is 20.9. The number of hydrogen-bond acceptors (Lipinski definition) is 3. The van der Waals surface area contributed by atoms with E-state index in [0.29, 0.717) is 5.75 Å². The van der Waals surface area contributed by atoms with E-state index in [1.165, 1.54) is 22.6 Å². The zero-order chi connectivity index (χ0) is 14.8. The average molecular weight is 305 g/mol. The molecular formula is C17H20FNOS. The third-order valence-electron chi connectivity index (χ3n) is 3.90. The predicted molar refractivity (Wildman–Crippen MR) is 84.5 cm³/mol. The quantitative estimate of drug-likeness (QED) is 0.879. The summed E-state index contributed by atoms with van der Waals surface area (Å²) in [5.74, 6) is 0.430. The summed E-state index contributed by atoms with van der Waals surface area (Å²) in [6.07, 6.45) is 1.98. The highest BCUT2D eigenvalue weighted by Gasteiger charge is 2.30. The number of benzene rings is 1. The van der Waals surface area contributed by atoms with Crippen LogP contribution in [0.1, 0.15) is 47.9 Å². The van der Waals surface area contributed by atoms with E-state index in [4.69, 9.17) is 4.74 Å². The molecule has 0 spiro atoms. The van der Waals surface area contributed by atoms with Gasteiger partial charge in [-0.25, -0.2) is 4.39 Å². The molecule has 0 fully saturated rings. The van der Waals surface area contributed by atoms with E-state index in [1.807, 2.05) is 6.07 Å². The lowest BCUT2D eigenvalue weighted by molar-refractivity contribution is 0.153. The first-order chi connectivity index (χ1) is 10.2. The van der Waals surface area contributed by atoms with Gasteiger partial charge in [0.15, 0.2) is 0 Å². The van der Waals surface area contributed by atoms with Crippen molar-refractivity contribution in [2.75, 3.05) is 6.54 Å². The van der Waals surface area contributed by atoms with E-state index >= 15 is 0 Å². The van der Waals surface area contributed by atoms with Gasteiger partial charge in [0.1, 0.15) is 17.7 Å². The molecule has 2 nitrogen and oxygen atoms in total. The van der Waals surface area contributed by atoms with E-state index in [9.17, 15) is 4.39 Å². The van der Waals surface area contributed by atoms with E-state index in [-0.39, 0.29) is 18.0 Å². The van der Waals surface area contributed by atoms with Crippen LogP contribution in [0.15, 0.2) is 29.6 Å². The SMILES string of the molecule is CCCNC1CC(c2sccc2C)Oc2cc(F)ccc21. The summed E-state index contributed by atoms with van der Waals surface area (Å²) in [4.78, 5) is 1.24. The van der Waals surface area contributed by atoms with Gasteiger partial charge < -0.3 is 10.1 Å². The molecule has 0 saturated carbocycles. The molecule has 112 valence electrons. The van der Waals surface area contributed by atoms with Crippen molar-refractivity contribution in [2.45, 2.75) is 38.8 Å². The molecule has 1 aliphatic heterocycles. The monoisotopic (exact) mass is 305 g/mol. The Morgan fingerprint density at radius 1 is 1.38 bits per heavy atom. The van der Waals surface area contributed by atoms with Crippen LogP contribution in [0.2, 0.25) is 0 Å². The van der Waals surface area contributed by atoms with Gasteiger partial charge in [0.05, 0.1) is 0 Å². The van der Waals surface area contributed by atoms with Gasteiger partial charge in [0.2, 0.25) is 0 Å². The molecule has 1 N–H and O–H groups in total. The highest BCUT2D eigenvalue weighted by molar-refractivity contribution is 7.10. The molecule has 2 unspecified atom stereocenters. The van der Waals surface area contributed by atoms with E-state index in [2.05, 4.69) is 30.6 Å². The maximum atomic E-state index is 13.5. The Morgan fingerprint density at radius 3 is 2.95 bits per heavy atom. The molecule has 0 radical (unpaired) electrons. The molecule has 0 bridgehead atoms. The summed E-state index contributed by atoms with van der Waals surface area (Å²) in [7, 11) is 0. The fourth-order valence-corrected chi connectivity index (χ4v) is 3.80. The summed E-state index contributed by atoms with van der Waals surface area (Å²) in [5.41, 5.74) is 2.31. The predicted octanol–water partition coefficient (Wildman–Crippen LogP) is 4.76. The second-order valence-corrected chi connectivity index (χ2v) is 6.45. The fraction of sp³-hybridized carbons (Fsp3) is 0.412. The van der Waals surface area contributed by atoms with Crippen molar-refractivity contribution in [2.24, 2.45) is 0 Å². The molecule has 1 aromatic heterocycles. The van der Waals surface area contributed by atoms with Gasteiger partial charge in [0, 0.05) is 29.0 Å². The van der Waals surface area contributed by atoms with Crippen LogP contribution in [-0.4, -0.2) is 6.54 Å². The Kier molecular flexibility index (Phi) is 4.27. The third kappa shape index (κ3) is 2.97. The lowest BCUT2D eigenvalue weighted by Crippen LogP contribution is -2.29. The summed E-state index contributed by atoms with van der Waals surface area (Å²) in [6.45, 7) is 5.21. The minimum Gasteiger partial charge on any atom is -0.484 e. The highest BCUT2D eigenvalue weighted by Crippen LogP contribution is 2.43. The number of thiophene rings is 1. The number of fused-ring (bicyclic) bond motifs is 1. The van der Waals surface area contributed by atoms with Crippen LogP contribution in [0, 0.1) is 12.7 Å². The maximum absolute atomic E-state index is 13.5. The van der Waals surface area contributed by atoms with Gasteiger partial charge in [-0.05, 0) is 43.0 Å². The van der Waals surface area contributed by atoms with E-state index in [1.54, 1.807) is 11.3 Å². The summed E-state index contributed by atoms with van der Waals surface area (Å²) in [5, 5.41) is 5.65. The topological polar surface area (TPSA) is 21.3 Å². The Balaban J connectivity index is 1.93. The van der Waals surface area contributed by atoms with Gasteiger partial charge in [-0.3, -0.25) is 0 Å². The smallest absolute Gasteiger partial charge is 0.135 e. The van der Waals surface area contributed by atoms with Crippen molar-refractivity contribution >= 4 is 11.3 Å². The molecule has 0 aliphatic carbocycles. The van der Waals surface area contributed by atoms with E-state index in [0.717, 1.165) is 24.9 Å². The van der Waals surface area contributed by atoms with Crippen molar-refractivity contribution in [3.8, 4) is 5.75 Å². The third-order valence-corrected chi connectivity index (χ3v) is 5.02. The van der Waals surface area contributed by atoms with Crippen LogP contribution in [0.4, 0.5) is 4.39 Å². The Morgan fingerprint density at radius 2 is 2.24 bits per heavy atom. The zero-order valence-corrected chi connectivity index (χ0v) is 13.2. The number of hydrogen-bond donors (Lipinski definition) is 1.